The van der Waals surface area contributed by atoms with E-state index in [0.717, 1.165) is 0 Å². The van der Waals surface area contributed by atoms with Crippen LogP contribution in [0.5, 0.6) is 0 Å². The first kappa shape index (κ1) is 12.0. The van der Waals surface area contributed by atoms with E-state index in [1.165, 1.54) is 23.0 Å². The van der Waals surface area contributed by atoms with Gasteiger partial charge in [0.1, 0.15) is 24.1 Å². The highest BCUT2D eigenvalue weighted by molar-refractivity contribution is 6.32. The lowest BCUT2D eigenvalue weighted by atomic mass is 10.3. The third-order valence-corrected chi connectivity index (χ3v) is 3.10. The summed E-state index contributed by atoms with van der Waals surface area (Å²) in [6, 6.07) is 4.34. The Morgan fingerprint density at radius 3 is 2.74 bits per heavy atom. The maximum atomic E-state index is 13.8. The number of aryl methyl sites for hydroxylation is 1. The zero-order valence-corrected chi connectivity index (χ0v) is 10.7. The van der Waals surface area contributed by atoms with Gasteiger partial charge in [0.15, 0.2) is 6.20 Å². The molecule has 0 spiro atoms. The predicted octanol–water partition coefficient (Wildman–Crippen LogP) is 2.78. The van der Waals surface area contributed by atoms with Crippen LogP contribution >= 0.6 is 11.6 Å². The van der Waals surface area contributed by atoms with E-state index >= 15 is 0 Å². The molecule has 3 aromatic rings. The summed E-state index contributed by atoms with van der Waals surface area (Å²) in [4.78, 5) is 0. The number of rotatable bonds is 1. The quantitative estimate of drug-likeness (QED) is 0.628. The summed E-state index contributed by atoms with van der Waals surface area (Å²) in [5, 5.41) is 4.84. The van der Waals surface area contributed by atoms with Crippen molar-refractivity contribution in [3.63, 3.8) is 0 Å². The van der Waals surface area contributed by atoms with Gasteiger partial charge in [-0.15, -0.1) is 0 Å². The Morgan fingerprint density at radius 1 is 1.21 bits per heavy atom. The van der Waals surface area contributed by atoms with Crippen LogP contribution in [0.15, 0.2) is 36.8 Å². The Bertz CT molecular complexity index is 763. The second kappa shape index (κ2) is 4.28. The van der Waals surface area contributed by atoms with Gasteiger partial charge in [-0.2, -0.15) is 9.49 Å². The summed E-state index contributed by atoms with van der Waals surface area (Å²) in [6.07, 6.45) is 4.56. The van der Waals surface area contributed by atoms with Gasteiger partial charge < -0.3 is 0 Å². The molecular formula is C13H9ClF2N3+. The molecule has 0 aliphatic carbocycles. The highest BCUT2D eigenvalue weighted by atomic mass is 35.5. The van der Waals surface area contributed by atoms with Crippen molar-refractivity contribution < 1.29 is 13.3 Å². The van der Waals surface area contributed by atoms with Gasteiger partial charge in [0.25, 0.3) is 0 Å². The number of hydrogen-bond acceptors (Lipinski definition) is 1. The fraction of sp³-hybridized carbons (Fsp3) is 0.0769. The van der Waals surface area contributed by atoms with E-state index in [9.17, 15) is 8.78 Å². The number of halogens is 3. The van der Waals surface area contributed by atoms with Gasteiger partial charge in [0.05, 0.1) is 10.4 Å². The Morgan fingerprint density at radius 2 is 2.00 bits per heavy atom. The van der Waals surface area contributed by atoms with Crippen LogP contribution in [0.3, 0.4) is 0 Å². The Kier molecular flexibility index (Phi) is 2.71. The molecule has 96 valence electrons. The lowest BCUT2D eigenvalue weighted by Gasteiger charge is -2.04. The molecular weight excluding hydrogens is 272 g/mol. The van der Waals surface area contributed by atoms with Crippen molar-refractivity contribution in [2.45, 2.75) is 0 Å². The summed E-state index contributed by atoms with van der Waals surface area (Å²) in [5.41, 5.74) is 0.292. The summed E-state index contributed by atoms with van der Waals surface area (Å²) in [7, 11) is 1.70. The zero-order valence-electron chi connectivity index (χ0n) is 9.94. The molecule has 0 atom stereocenters. The third-order valence-electron chi connectivity index (χ3n) is 2.80. The van der Waals surface area contributed by atoms with Crippen molar-refractivity contribution in [2.24, 2.45) is 7.05 Å². The molecule has 19 heavy (non-hydrogen) atoms. The van der Waals surface area contributed by atoms with Crippen molar-refractivity contribution in [3.05, 3.63) is 53.4 Å². The van der Waals surface area contributed by atoms with Crippen molar-refractivity contribution in [3.8, 4) is 5.69 Å². The average molecular weight is 281 g/mol. The van der Waals surface area contributed by atoms with Crippen molar-refractivity contribution in [2.75, 3.05) is 0 Å². The topological polar surface area (TPSA) is 21.7 Å². The molecule has 0 fully saturated rings. The minimum atomic E-state index is -0.509. The molecule has 0 saturated carbocycles. The number of para-hydroxylation sites is 1. The number of fused-ring (bicyclic) bond motifs is 1. The highest BCUT2D eigenvalue weighted by Crippen LogP contribution is 2.25. The fourth-order valence-corrected chi connectivity index (χ4v) is 2.24. The number of benzene rings is 1. The highest BCUT2D eigenvalue weighted by Gasteiger charge is 2.16. The van der Waals surface area contributed by atoms with Crippen molar-refractivity contribution in [1.82, 2.24) is 9.78 Å². The maximum Gasteiger partial charge on any atom is 0.214 e. The lowest BCUT2D eigenvalue weighted by Crippen LogP contribution is -2.27. The standard InChI is InChI=1S/C13H9ClF2N3/c1-18-5-8-6-19(17-12(8)11(16)7-18)13-9(14)3-2-4-10(13)15/h2-7H,1H3/q+1. The zero-order chi connectivity index (χ0) is 13.6. The second-order valence-corrected chi connectivity index (χ2v) is 4.63. The number of nitrogens with zero attached hydrogens (tertiary/aromatic N) is 3. The summed E-state index contributed by atoms with van der Waals surface area (Å²) >= 11 is 5.96. The molecule has 3 nitrogen and oxygen atoms in total. The molecule has 0 N–H and O–H groups in total. The first-order valence-electron chi connectivity index (χ1n) is 5.55. The van der Waals surface area contributed by atoms with Gasteiger partial charge in [-0.1, -0.05) is 17.7 Å². The van der Waals surface area contributed by atoms with E-state index in [1.54, 1.807) is 30.1 Å². The molecule has 0 aliphatic rings. The first-order valence-corrected chi connectivity index (χ1v) is 5.92. The summed E-state index contributed by atoms with van der Waals surface area (Å²) in [5.74, 6) is -0.976. The van der Waals surface area contributed by atoms with Crippen LogP contribution in [0.2, 0.25) is 5.02 Å². The Hall–Kier alpha value is -2.01. The van der Waals surface area contributed by atoms with E-state index in [2.05, 4.69) is 5.10 Å². The second-order valence-electron chi connectivity index (χ2n) is 4.22. The molecule has 0 saturated heterocycles. The van der Waals surface area contributed by atoms with Gasteiger partial charge in [-0.3, -0.25) is 0 Å². The number of pyridine rings is 1. The first-order chi connectivity index (χ1) is 9.06. The summed E-state index contributed by atoms with van der Waals surface area (Å²) in [6.45, 7) is 0. The summed E-state index contributed by atoms with van der Waals surface area (Å²) < 4.78 is 30.4. The Labute approximate surface area is 112 Å². The van der Waals surface area contributed by atoms with Crippen LogP contribution in [0.4, 0.5) is 8.78 Å². The molecule has 0 amide bonds. The van der Waals surface area contributed by atoms with Gasteiger partial charge in [0, 0.05) is 6.20 Å². The molecule has 3 rings (SSSR count). The third kappa shape index (κ3) is 1.96. The minimum absolute atomic E-state index is 0.113. The Balaban J connectivity index is 2.30. The SMILES string of the molecule is C[n+]1cc(F)c2nn(-c3c(F)cccc3Cl)cc2c1. The van der Waals surface area contributed by atoms with E-state index in [4.69, 9.17) is 11.6 Å². The van der Waals surface area contributed by atoms with Crippen LogP contribution in [0.1, 0.15) is 0 Å². The van der Waals surface area contributed by atoms with E-state index in [1.807, 2.05) is 0 Å². The monoisotopic (exact) mass is 280 g/mol. The van der Waals surface area contributed by atoms with Gasteiger partial charge >= 0.3 is 0 Å². The fourth-order valence-electron chi connectivity index (χ4n) is 1.99. The lowest BCUT2D eigenvalue weighted by molar-refractivity contribution is -0.671. The molecule has 0 bridgehead atoms. The molecule has 1 aromatic carbocycles. The van der Waals surface area contributed by atoms with Crippen LogP contribution in [0.25, 0.3) is 16.6 Å². The van der Waals surface area contributed by atoms with Crippen LogP contribution in [-0.4, -0.2) is 9.78 Å². The molecule has 0 aliphatic heterocycles. The molecule has 6 heteroatoms. The molecule has 2 aromatic heterocycles. The predicted molar refractivity (Wildman–Crippen MR) is 67.2 cm³/mol. The normalized spacial score (nSPS) is 11.2. The smallest absolute Gasteiger partial charge is 0.214 e. The molecule has 2 heterocycles. The van der Waals surface area contributed by atoms with Crippen LogP contribution in [0, 0.1) is 11.6 Å². The van der Waals surface area contributed by atoms with E-state index < -0.39 is 11.6 Å². The largest absolute Gasteiger partial charge is 0.235 e. The van der Waals surface area contributed by atoms with E-state index in [-0.39, 0.29) is 16.2 Å². The van der Waals surface area contributed by atoms with Crippen LogP contribution in [-0.2, 0) is 7.05 Å². The number of aromatic nitrogens is 3. The van der Waals surface area contributed by atoms with Crippen molar-refractivity contribution >= 4 is 22.5 Å². The number of hydrogen-bond donors (Lipinski definition) is 0. The van der Waals surface area contributed by atoms with Gasteiger partial charge in [-0.25, -0.2) is 13.6 Å². The molecule has 0 unspecified atom stereocenters. The van der Waals surface area contributed by atoms with Crippen LogP contribution < -0.4 is 4.57 Å². The minimum Gasteiger partial charge on any atom is -0.235 e. The van der Waals surface area contributed by atoms with Crippen molar-refractivity contribution in [1.29, 1.82) is 0 Å². The molecule has 0 radical (unpaired) electrons. The van der Waals surface area contributed by atoms with E-state index in [0.29, 0.717) is 5.39 Å². The van der Waals surface area contributed by atoms with Gasteiger partial charge in [0.2, 0.25) is 12.0 Å². The maximum absolute atomic E-state index is 13.8. The average Bonchev–Trinajstić information content (AvgIpc) is 2.72. The van der Waals surface area contributed by atoms with Gasteiger partial charge in [-0.05, 0) is 12.1 Å².